The number of hydrogen-bond acceptors (Lipinski definition) is 9. The van der Waals surface area contributed by atoms with Gasteiger partial charge in [0.15, 0.2) is 17.7 Å². The third kappa shape index (κ3) is 3.32. The molecule has 0 radical (unpaired) electrons. The van der Waals surface area contributed by atoms with E-state index in [9.17, 15) is 4.79 Å². The lowest BCUT2D eigenvalue weighted by molar-refractivity contribution is -0.208. The summed E-state index contributed by atoms with van der Waals surface area (Å²) >= 11 is 0. The first-order valence-electron chi connectivity index (χ1n) is 11.1. The quantitative estimate of drug-likeness (QED) is 0.547. The van der Waals surface area contributed by atoms with E-state index in [0.29, 0.717) is 28.9 Å². The number of fused-ring (bicyclic) bond motifs is 3. The van der Waals surface area contributed by atoms with Gasteiger partial charge in [0.05, 0.1) is 5.69 Å². The molecule has 2 aliphatic heterocycles. The molecule has 6 rings (SSSR count). The van der Waals surface area contributed by atoms with Crippen molar-refractivity contribution in [1.82, 2.24) is 14.6 Å². The molecule has 2 aromatic rings. The third-order valence-electron chi connectivity index (χ3n) is 7.05. The molecule has 2 aromatic heterocycles. The molecule has 0 aromatic carbocycles. The minimum Gasteiger partial charge on any atom is -0.431 e. The van der Waals surface area contributed by atoms with Gasteiger partial charge in [-0.2, -0.15) is 5.10 Å². The van der Waals surface area contributed by atoms with Crippen molar-refractivity contribution in [3.63, 3.8) is 0 Å². The molecular formula is C22H25N5O6. The van der Waals surface area contributed by atoms with E-state index < -0.39 is 36.0 Å². The molecule has 4 heterocycles. The maximum absolute atomic E-state index is 12.4. The fraction of sp³-hybridized carbons (Fsp3) is 0.636. The van der Waals surface area contributed by atoms with E-state index in [-0.39, 0.29) is 12.7 Å². The summed E-state index contributed by atoms with van der Waals surface area (Å²) in [5.41, 5.74) is 5.62. The van der Waals surface area contributed by atoms with Gasteiger partial charge in [-0.25, -0.2) is 20.9 Å². The molecule has 11 heteroatoms. The zero-order valence-corrected chi connectivity index (χ0v) is 18.3. The summed E-state index contributed by atoms with van der Waals surface area (Å²) in [6.45, 7) is 11.1. The molecule has 0 amide bonds. The van der Waals surface area contributed by atoms with Crippen LogP contribution in [-0.4, -0.2) is 57.2 Å². The highest BCUT2D eigenvalue weighted by atomic mass is 16.8. The van der Waals surface area contributed by atoms with Crippen molar-refractivity contribution in [3.8, 4) is 0 Å². The van der Waals surface area contributed by atoms with Crippen LogP contribution in [0.25, 0.3) is 10.4 Å². The SMILES string of the molecule is [C-]#[N+][C@]1(COC(=O)OC2C[C@@H]3C[C@@H]3C2)O[C@@H](c2ccc3c(N)ncnn23)[C@@H]2OC(C)(C)O[C@@H]21. The van der Waals surface area contributed by atoms with Crippen LogP contribution in [0.1, 0.15) is 44.9 Å². The fourth-order valence-electron chi connectivity index (χ4n) is 5.46. The minimum atomic E-state index is -1.59. The first-order chi connectivity index (χ1) is 15.8. The fourth-order valence-corrected chi connectivity index (χ4v) is 5.46. The minimum absolute atomic E-state index is 0.114. The van der Waals surface area contributed by atoms with Gasteiger partial charge in [0.25, 0.3) is 0 Å². The van der Waals surface area contributed by atoms with Crippen LogP contribution in [0.2, 0.25) is 0 Å². The van der Waals surface area contributed by atoms with Crippen LogP contribution in [0.4, 0.5) is 10.6 Å². The number of nitrogens with two attached hydrogens (primary N) is 1. The number of ether oxygens (including phenoxy) is 5. The number of carbonyl (C=O) groups excluding carboxylic acids is 1. The zero-order chi connectivity index (χ0) is 23.0. The molecule has 2 saturated heterocycles. The molecule has 2 N–H and O–H groups in total. The van der Waals surface area contributed by atoms with Gasteiger partial charge in [-0.05, 0) is 57.1 Å². The highest BCUT2D eigenvalue weighted by molar-refractivity contribution is 5.65. The van der Waals surface area contributed by atoms with Crippen molar-refractivity contribution >= 4 is 17.5 Å². The number of rotatable bonds is 4. The van der Waals surface area contributed by atoms with Crippen LogP contribution in [0.3, 0.4) is 0 Å². The van der Waals surface area contributed by atoms with Crippen molar-refractivity contribution < 1.29 is 28.5 Å². The lowest BCUT2D eigenvalue weighted by atomic mass is 10.0. The first-order valence-corrected chi connectivity index (χ1v) is 11.1. The molecule has 4 fully saturated rings. The maximum Gasteiger partial charge on any atom is 0.508 e. The Bertz CT molecular complexity index is 1150. The molecule has 2 saturated carbocycles. The van der Waals surface area contributed by atoms with Gasteiger partial charge in [-0.3, -0.25) is 9.58 Å². The van der Waals surface area contributed by atoms with E-state index in [1.807, 2.05) is 0 Å². The lowest BCUT2D eigenvalue weighted by Gasteiger charge is -2.25. The topological polar surface area (TPSA) is 124 Å². The van der Waals surface area contributed by atoms with Gasteiger partial charge in [-0.1, -0.05) is 0 Å². The average Bonchev–Trinajstić information content (AvgIpc) is 3.12. The van der Waals surface area contributed by atoms with Crippen molar-refractivity contribution in [2.24, 2.45) is 11.8 Å². The second kappa shape index (κ2) is 7.03. The number of aromatic nitrogens is 3. The second-order valence-corrected chi connectivity index (χ2v) is 9.72. The Morgan fingerprint density at radius 3 is 2.82 bits per heavy atom. The Morgan fingerprint density at radius 2 is 2.06 bits per heavy atom. The Balaban J connectivity index is 1.25. The molecular weight excluding hydrogens is 430 g/mol. The van der Waals surface area contributed by atoms with E-state index in [4.69, 9.17) is 36.0 Å². The van der Waals surface area contributed by atoms with Crippen LogP contribution in [0.5, 0.6) is 0 Å². The van der Waals surface area contributed by atoms with E-state index in [0.717, 1.165) is 12.8 Å². The predicted molar refractivity (Wildman–Crippen MR) is 111 cm³/mol. The van der Waals surface area contributed by atoms with E-state index >= 15 is 0 Å². The van der Waals surface area contributed by atoms with E-state index in [1.54, 1.807) is 30.5 Å². The highest BCUT2D eigenvalue weighted by Gasteiger charge is 2.69. The molecule has 2 aliphatic carbocycles. The number of hydrogen-bond donors (Lipinski definition) is 1. The van der Waals surface area contributed by atoms with Crippen LogP contribution in [0.15, 0.2) is 18.5 Å². The van der Waals surface area contributed by atoms with Crippen LogP contribution < -0.4 is 5.73 Å². The number of nitrogen functional groups attached to an aromatic ring is 1. The van der Waals surface area contributed by atoms with Crippen LogP contribution in [0, 0.1) is 18.4 Å². The molecule has 0 bridgehead atoms. The monoisotopic (exact) mass is 455 g/mol. The number of carbonyl (C=O) groups is 1. The largest absolute Gasteiger partial charge is 0.508 e. The smallest absolute Gasteiger partial charge is 0.431 e. The van der Waals surface area contributed by atoms with Gasteiger partial charge in [0.2, 0.25) is 6.61 Å². The molecule has 174 valence electrons. The molecule has 11 nitrogen and oxygen atoms in total. The average molecular weight is 455 g/mol. The summed E-state index contributed by atoms with van der Waals surface area (Å²) in [5.74, 6) is 0.734. The van der Waals surface area contributed by atoms with Gasteiger partial charge in [0.1, 0.15) is 30.2 Å². The molecule has 1 unspecified atom stereocenters. The summed E-state index contributed by atoms with van der Waals surface area (Å²) in [6.07, 6.45) is 1.33. The second-order valence-electron chi connectivity index (χ2n) is 9.72. The van der Waals surface area contributed by atoms with E-state index in [2.05, 4.69) is 14.9 Å². The van der Waals surface area contributed by atoms with Gasteiger partial charge < -0.3 is 24.7 Å². The number of anilines is 1. The molecule has 4 aliphatic rings. The van der Waals surface area contributed by atoms with Crippen molar-refractivity contribution in [2.45, 2.75) is 69.0 Å². The summed E-state index contributed by atoms with van der Waals surface area (Å²) in [7, 11) is 0. The zero-order valence-electron chi connectivity index (χ0n) is 18.3. The normalized spacial score (nSPS) is 38.0. The Kier molecular flexibility index (Phi) is 4.40. The Morgan fingerprint density at radius 1 is 1.27 bits per heavy atom. The summed E-state index contributed by atoms with van der Waals surface area (Å²) in [6, 6.07) is 3.58. The van der Waals surface area contributed by atoms with Crippen molar-refractivity contribution in [2.75, 3.05) is 12.3 Å². The summed E-state index contributed by atoms with van der Waals surface area (Å²) in [5, 5.41) is 4.28. The first kappa shape index (κ1) is 20.7. The summed E-state index contributed by atoms with van der Waals surface area (Å²) in [4.78, 5) is 20.1. The maximum atomic E-state index is 12.4. The van der Waals surface area contributed by atoms with Gasteiger partial charge >= 0.3 is 11.9 Å². The number of nitrogens with zero attached hydrogens (tertiary/aromatic N) is 4. The van der Waals surface area contributed by atoms with Crippen molar-refractivity contribution in [3.05, 3.63) is 35.6 Å². The van der Waals surface area contributed by atoms with Crippen molar-refractivity contribution in [1.29, 1.82) is 0 Å². The third-order valence-corrected chi connectivity index (χ3v) is 7.05. The predicted octanol–water partition coefficient (Wildman–Crippen LogP) is 2.47. The Hall–Kier alpha value is -2.94. The lowest BCUT2D eigenvalue weighted by Crippen LogP contribution is -2.45. The highest BCUT2D eigenvalue weighted by Crippen LogP contribution is 2.53. The van der Waals surface area contributed by atoms with Gasteiger partial charge in [-0.15, -0.1) is 0 Å². The summed E-state index contributed by atoms with van der Waals surface area (Å²) < 4.78 is 30.9. The van der Waals surface area contributed by atoms with Crippen LogP contribution >= 0.6 is 0 Å². The molecule has 33 heavy (non-hydrogen) atoms. The van der Waals surface area contributed by atoms with E-state index in [1.165, 1.54) is 12.7 Å². The van der Waals surface area contributed by atoms with Crippen LogP contribution in [-0.2, 0) is 23.7 Å². The molecule has 0 spiro atoms. The van der Waals surface area contributed by atoms with Gasteiger partial charge in [0, 0.05) is 0 Å². The Labute approximate surface area is 189 Å². The standard InChI is InChI=1S/C22H25N5O6/c1-21(2)31-17-16(14-4-5-15-19(23)25-10-26-27(14)15)32-22(24-3,18(17)33-21)9-29-20(28)30-13-7-11-6-12(11)8-13/h4-5,10-13,16-18H,6-9H2,1-2H3,(H2,23,25,26)/t11-,12+,13?,16-,17-,18-,22+/m0/s1. The molecule has 7 atom stereocenters.